The average molecular weight is 434 g/mol. The van der Waals surface area contributed by atoms with E-state index in [1.165, 1.54) is 6.07 Å². The van der Waals surface area contributed by atoms with Crippen LogP contribution in [0.4, 0.5) is 17.1 Å². The molecule has 0 aliphatic carbocycles. The van der Waals surface area contributed by atoms with E-state index in [9.17, 15) is 20.2 Å². The summed E-state index contributed by atoms with van der Waals surface area (Å²) in [6, 6.07) is 14.7. The standard InChI is InChI=1S/C24H27N5O3/c1-3-16(2)26-24(30)20-13-18-12-19(29(31)32)8-9-22(18)28-11-10-27(15-23(20)28)21-7-5-4-6-17(21)14-25/h4-9,12,16,20,23H,3,10-11,13,15H2,1-2H3,(H,26,30)/t16-,20-,23-/m0/s1. The van der Waals surface area contributed by atoms with Gasteiger partial charge in [0.1, 0.15) is 6.07 Å². The van der Waals surface area contributed by atoms with Crippen molar-refractivity contribution in [1.82, 2.24) is 5.32 Å². The van der Waals surface area contributed by atoms with Gasteiger partial charge in [0.15, 0.2) is 0 Å². The molecule has 1 saturated heterocycles. The second-order valence-corrected chi connectivity index (χ2v) is 8.53. The van der Waals surface area contributed by atoms with Crippen molar-refractivity contribution in [2.45, 2.75) is 38.8 Å². The van der Waals surface area contributed by atoms with Crippen LogP contribution < -0.4 is 15.1 Å². The van der Waals surface area contributed by atoms with Gasteiger partial charge in [-0.15, -0.1) is 0 Å². The van der Waals surface area contributed by atoms with Crippen LogP contribution in [-0.2, 0) is 11.2 Å². The number of fused-ring (bicyclic) bond motifs is 3. The van der Waals surface area contributed by atoms with Crippen LogP contribution in [0.25, 0.3) is 0 Å². The lowest BCUT2D eigenvalue weighted by atomic mass is 9.82. The number of para-hydroxylation sites is 1. The molecule has 0 bridgehead atoms. The summed E-state index contributed by atoms with van der Waals surface area (Å²) < 4.78 is 0. The lowest BCUT2D eigenvalue weighted by molar-refractivity contribution is -0.384. The Balaban J connectivity index is 1.70. The maximum absolute atomic E-state index is 13.3. The van der Waals surface area contributed by atoms with E-state index in [0.717, 1.165) is 23.4 Å². The predicted octanol–water partition coefficient (Wildman–Crippen LogP) is 3.25. The first-order valence-corrected chi connectivity index (χ1v) is 11.0. The van der Waals surface area contributed by atoms with Gasteiger partial charge in [0, 0.05) is 43.5 Å². The Bertz CT molecular complexity index is 1080. The topological polar surface area (TPSA) is 103 Å². The summed E-state index contributed by atoms with van der Waals surface area (Å²) in [5.41, 5.74) is 3.34. The highest BCUT2D eigenvalue weighted by molar-refractivity contribution is 5.83. The SMILES string of the molecule is CC[C@H](C)NC(=O)[C@H]1Cc2cc([N+](=O)[O-])ccc2N2CCN(c3ccccc3C#N)C[C@@H]12. The minimum absolute atomic E-state index is 0.0260. The first-order chi connectivity index (χ1) is 15.4. The third-order valence-electron chi connectivity index (χ3n) is 6.61. The molecule has 1 fully saturated rings. The first-order valence-electron chi connectivity index (χ1n) is 11.0. The molecule has 3 atom stereocenters. The Kier molecular flexibility index (Phi) is 5.99. The van der Waals surface area contributed by atoms with Crippen molar-refractivity contribution < 1.29 is 9.72 Å². The van der Waals surface area contributed by atoms with E-state index in [1.807, 2.05) is 44.2 Å². The molecular formula is C24H27N5O3. The van der Waals surface area contributed by atoms with E-state index in [1.54, 1.807) is 6.07 Å². The molecule has 2 aliphatic rings. The molecule has 8 heteroatoms. The third-order valence-corrected chi connectivity index (χ3v) is 6.61. The Morgan fingerprint density at radius 1 is 1.28 bits per heavy atom. The molecule has 0 saturated carbocycles. The summed E-state index contributed by atoms with van der Waals surface area (Å²) in [5, 5.41) is 24.0. The third kappa shape index (κ3) is 3.98. The van der Waals surface area contributed by atoms with Gasteiger partial charge in [0.2, 0.25) is 5.91 Å². The summed E-state index contributed by atoms with van der Waals surface area (Å²) in [7, 11) is 0. The minimum Gasteiger partial charge on any atom is -0.367 e. The predicted molar refractivity (Wildman–Crippen MR) is 123 cm³/mol. The quantitative estimate of drug-likeness (QED) is 0.574. The van der Waals surface area contributed by atoms with Crippen LogP contribution in [0.15, 0.2) is 42.5 Å². The van der Waals surface area contributed by atoms with Gasteiger partial charge < -0.3 is 15.1 Å². The second-order valence-electron chi connectivity index (χ2n) is 8.53. The molecule has 0 aromatic heterocycles. The lowest BCUT2D eigenvalue weighted by Gasteiger charge is -2.49. The summed E-state index contributed by atoms with van der Waals surface area (Å²) >= 11 is 0. The van der Waals surface area contributed by atoms with Crippen molar-refractivity contribution in [3.8, 4) is 6.07 Å². The van der Waals surface area contributed by atoms with E-state index in [0.29, 0.717) is 31.6 Å². The minimum atomic E-state index is -0.392. The van der Waals surface area contributed by atoms with Crippen molar-refractivity contribution in [2.24, 2.45) is 5.92 Å². The van der Waals surface area contributed by atoms with E-state index >= 15 is 0 Å². The van der Waals surface area contributed by atoms with Crippen LogP contribution in [0.3, 0.4) is 0 Å². The average Bonchev–Trinajstić information content (AvgIpc) is 2.82. The Hall–Kier alpha value is -3.60. The summed E-state index contributed by atoms with van der Waals surface area (Å²) in [6.07, 6.45) is 1.28. The van der Waals surface area contributed by atoms with Crippen molar-refractivity contribution in [3.05, 3.63) is 63.7 Å². The number of piperazine rings is 1. The number of amides is 1. The normalized spacial score (nSPS) is 20.5. The van der Waals surface area contributed by atoms with E-state index < -0.39 is 4.92 Å². The van der Waals surface area contributed by atoms with Crippen LogP contribution in [0.2, 0.25) is 0 Å². The van der Waals surface area contributed by atoms with Crippen LogP contribution in [0.5, 0.6) is 0 Å². The van der Waals surface area contributed by atoms with Crippen LogP contribution >= 0.6 is 0 Å². The van der Waals surface area contributed by atoms with Gasteiger partial charge in [0.25, 0.3) is 5.69 Å². The largest absolute Gasteiger partial charge is 0.367 e. The molecule has 2 aromatic rings. The molecule has 2 aliphatic heterocycles. The zero-order chi connectivity index (χ0) is 22.8. The van der Waals surface area contributed by atoms with E-state index in [2.05, 4.69) is 21.2 Å². The highest BCUT2D eigenvalue weighted by atomic mass is 16.6. The zero-order valence-corrected chi connectivity index (χ0v) is 18.3. The van der Waals surface area contributed by atoms with Crippen LogP contribution in [0, 0.1) is 27.4 Å². The molecule has 2 aromatic carbocycles. The van der Waals surface area contributed by atoms with Gasteiger partial charge in [0.05, 0.1) is 28.1 Å². The molecule has 2 heterocycles. The number of nitrogens with zero attached hydrogens (tertiary/aromatic N) is 4. The van der Waals surface area contributed by atoms with Gasteiger partial charge in [-0.1, -0.05) is 19.1 Å². The molecule has 8 nitrogen and oxygen atoms in total. The number of hydrogen-bond acceptors (Lipinski definition) is 6. The van der Waals surface area contributed by atoms with E-state index in [4.69, 9.17) is 0 Å². The molecule has 4 rings (SSSR count). The molecule has 0 radical (unpaired) electrons. The van der Waals surface area contributed by atoms with Gasteiger partial charge in [-0.3, -0.25) is 14.9 Å². The lowest BCUT2D eigenvalue weighted by Crippen LogP contribution is -2.61. The molecule has 32 heavy (non-hydrogen) atoms. The summed E-state index contributed by atoms with van der Waals surface area (Å²) in [6.45, 7) is 5.98. The van der Waals surface area contributed by atoms with Gasteiger partial charge >= 0.3 is 0 Å². The Morgan fingerprint density at radius 3 is 2.78 bits per heavy atom. The number of benzene rings is 2. The number of carbonyl (C=O) groups is 1. The Morgan fingerprint density at radius 2 is 2.06 bits per heavy atom. The van der Waals surface area contributed by atoms with Crippen molar-refractivity contribution >= 4 is 23.0 Å². The van der Waals surface area contributed by atoms with Crippen molar-refractivity contribution in [1.29, 1.82) is 5.26 Å². The number of nitro benzene ring substituents is 1. The van der Waals surface area contributed by atoms with Gasteiger partial charge in [-0.2, -0.15) is 5.26 Å². The molecule has 0 spiro atoms. The Labute approximate surface area is 187 Å². The van der Waals surface area contributed by atoms with Crippen LogP contribution in [0.1, 0.15) is 31.4 Å². The van der Waals surface area contributed by atoms with E-state index in [-0.39, 0.29) is 29.6 Å². The highest BCUT2D eigenvalue weighted by Crippen LogP contribution is 2.39. The molecule has 166 valence electrons. The first kappa shape index (κ1) is 21.6. The molecule has 0 unspecified atom stereocenters. The fourth-order valence-electron chi connectivity index (χ4n) is 4.74. The summed E-state index contributed by atoms with van der Waals surface area (Å²) in [5.74, 6) is -0.363. The molecule has 1 amide bonds. The molecule has 1 N–H and O–H groups in total. The van der Waals surface area contributed by atoms with Crippen molar-refractivity contribution in [2.75, 3.05) is 29.4 Å². The highest BCUT2D eigenvalue weighted by Gasteiger charge is 2.42. The number of non-ortho nitro benzene ring substituents is 1. The fraction of sp³-hybridized carbons (Fsp3) is 0.417. The smallest absolute Gasteiger partial charge is 0.269 e. The number of nitro groups is 1. The monoisotopic (exact) mass is 433 g/mol. The van der Waals surface area contributed by atoms with Crippen molar-refractivity contribution in [3.63, 3.8) is 0 Å². The molecular weight excluding hydrogens is 406 g/mol. The maximum Gasteiger partial charge on any atom is 0.269 e. The number of nitriles is 1. The second kappa shape index (κ2) is 8.87. The summed E-state index contributed by atoms with van der Waals surface area (Å²) in [4.78, 5) is 28.6. The number of anilines is 2. The fourth-order valence-corrected chi connectivity index (χ4v) is 4.74. The number of rotatable bonds is 5. The zero-order valence-electron chi connectivity index (χ0n) is 18.3. The maximum atomic E-state index is 13.3. The van der Waals surface area contributed by atoms with Crippen LogP contribution in [-0.4, -0.2) is 42.5 Å². The number of nitrogens with one attached hydrogen (secondary N) is 1. The van der Waals surface area contributed by atoms with Gasteiger partial charge in [-0.05, 0) is 43.5 Å². The number of hydrogen-bond donors (Lipinski definition) is 1. The number of carbonyl (C=O) groups excluding carboxylic acids is 1. The van der Waals surface area contributed by atoms with Gasteiger partial charge in [-0.25, -0.2) is 0 Å².